The van der Waals surface area contributed by atoms with Crippen LogP contribution in [0.3, 0.4) is 0 Å². The topological polar surface area (TPSA) is 72.2 Å². The van der Waals surface area contributed by atoms with E-state index in [0.717, 1.165) is 12.0 Å². The van der Waals surface area contributed by atoms with E-state index in [-0.39, 0.29) is 17.2 Å². The lowest BCUT2D eigenvalue weighted by Gasteiger charge is -2.07. The molecule has 1 N–H and O–H groups in total. The first-order valence-electron chi connectivity index (χ1n) is 6.90. The molecule has 2 aromatic rings. The van der Waals surface area contributed by atoms with Crippen LogP contribution >= 0.6 is 23.2 Å². The lowest BCUT2D eigenvalue weighted by atomic mass is 10.1. The van der Waals surface area contributed by atoms with Crippen LogP contribution in [0.15, 0.2) is 48.5 Å². The van der Waals surface area contributed by atoms with Crippen molar-refractivity contribution < 1.29 is 9.72 Å². The molecule has 23 heavy (non-hydrogen) atoms. The summed E-state index contributed by atoms with van der Waals surface area (Å²) in [6, 6.07) is 12.8. The SMILES string of the molecule is O=C(Nc1ccc([C@H]2CC2(Cl)Cl)cc1)c1cccc([N+](=O)[O-])c1. The maximum Gasteiger partial charge on any atom is 0.270 e. The average Bonchev–Trinajstić information content (AvgIpc) is 3.16. The van der Waals surface area contributed by atoms with Crippen LogP contribution in [0.5, 0.6) is 0 Å². The van der Waals surface area contributed by atoms with Gasteiger partial charge in [0.15, 0.2) is 0 Å². The van der Waals surface area contributed by atoms with Gasteiger partial charge < -0.3 is 5.32 Å². The number of anilines is 1. The Morgan fingerprint density at radius 3 is 2.43 bits per heavy atom. The molecule has 1 saturated carbocycles. The average molecular weight is 351 g/mol. The van der Waals surface area contributed by atoms with Gasteiger partial charge in [0.2, 0.25) is 0 Å². The number of non-ortho nitro benzene ring substituents is 1. The third kappa shape index (κ3) is 3.46. The van der Waals surface area contributed by atoms with E-state index in [9.17, 15) is 14.9 Å². The molecule has 1 fully saturated rings. The Bertz CT molecular complexity index is 775. The van der Waals surface area contributed by atoms with E-state index in [1.807, 2.05) is 12.1 Å². The number of nitrogens with zero attached hydrogens (tertiary/aromatic N) is 1. The van der Waals surface area contributed by atoms with Crippen molar-refractivity contribution in [2.24, 2.45) is 0 Å². The Morgan fingerprint density at radius 1 is 1.22 bits per heavy atom. The lowest BCUT2D eigenvalue weighted by Crippen LogP contribution is -2.12. The van der Waals surface area contributed by atoms with Crippen molar-refractivity contribution in [3.8, 4) is 0 Å². The van der Waals surface area contributed by atoms with Crippen molar-refractivity contribution in [3.05, 3.63) is 69.8 Å². The van der Waals surface area contributed by atoms with E-state index in [2.05, 4.69) is 5.32 Å². The Morgan fingerprint density at radius 2 is 1.87 bits per heavy atom. The highest BCUT2D eigenvalue weighted by Crippen LogP contribution is 2.59. The number of nitro benzene ring substituents is 1. The van der Waals surface area contributed by atoms with Crippen molar-refractivity contribution in [1.29, 1.82) is 0 Å². The molecular weight excluding hydrogens is 339 g/mol. The standard InChI is InChI=1S/C16H12Cl2N2O3/c17-16(18)9-14(16)10-4-6-12(7-5-10)19-15(21)11-2-1-3-13(8-11)20(22)23/h1-8,14H,9H2,(H,19,21)/t14-/m1/s1. The molecule has 0 radical (unpaired) electrons. The van der Waals surface area contributed by atoms with Crippen LogP contribution in [0.25, 0.3) is 0 Å². The molecule has 0 saturated heterocycles. The molecule has 2 aromatic carbocycles. The van der Waals surface area contributed by atoms with E-state index in [1.54, 1.807) is 12.1 Å². The minimum Gasteiger partial charge on any atom is -0.322 e. The van der Waals surface area contributed by atoms with E-state index in [4.69, 9.17) is 23.2 Å². The predicted octanol–water partition coefficient (Wildman–Crippen LogP) is 4.51. The second-order valence-corrected chi connectivity index (χ2v) is 6.94. The summed E-state index contributed by atoms with van der Waals surface area (Å²) in [5.41, 5.74) is 1.72. The summed E-state index contributed by atoms with van der Waals surface area (Å²) in [5, 5.41) is 13.5. The van der Waals surface area contributed by atoms with Gasteiger partial charge in [0.05, 0.1) is 4.92 Å². The summed E-state index contributed by atoms with van der Waals surface area (Å²) in [4.78, 5) is 22.4. The van der Waals surface area contributed by atoms with Gasteiger partial charge in [-0.05, 0) is 30.2 Å². The van der Waals surface area contributed by atoms with Gasteiger partial charge in [0, 0.05) is 29.3 Å². The van der Waals surface area contributed by atoms with Gasteiger partial charge in [0.25, 0.3) is 11.6 Å². The molecule has 0 bridgehead atoms. The second kappa shape index (κ2) is 5.83. The number of hydrogen-bond donors (Lipinski definition) is 1. The molecular formula is C16H12Cl2N2O3. The van der Waals surface area contributed by atoms with Crippen molar-refractivity contribution in [2.75, 3.05) is 5.32 Å². The minimum absolute atomic E-state index is 0.118. The summed E-state index contributed by atoms with van der Waals surface area (Å²) in [6.07, 6.45) is 0.718. The van der Waals surface area contributed by atoms with Crippen LogP contribution in [0.1, 0.15) is 28.3 Å². The van der Waals surface area contributed by atoms with Gasteiger partial charge in [-0.15, -0.1) is 23.2 Å². The Hall–Kier alpha value is -2.11. The number of halogens is 2. The van der Waals surface area contributed by atoms with Crippen molar-refractivity contribution in [2.45, 2.75) is 16.7 Å². The molecule has 3 rings (SSSR count). The highest BCUT2D eigenvalue weighted by atomic mass is 35.5. The zero-order valence-electron chi connectivity index (χ0n) is 11.8. The molecule has 0 heterocycles. The number of carbonyl (C=O) groups is 1. The van der Waals surface area contributed by atoms with Gasteiger partial charge in [0.1, 0.15) is 4.33 Å². The molecule has 0 unspecified atom stereocenters. The molecule has 1 amide bonds. The van der Waals surface area contributed by atoms with Gasteiger partial charge in [-0.2, -0.15) is 0 Å². The fourth-order valence-corrected chi connectivity index (χ4v) is 2.90. The molecule has 7 heteroatoms. The number of nitro groups is 1. The van der Waals surface area contributed by atoms with Crippen LogP contribution in [0.2, 0.25) is 0 Å². The molecule has 0 aliphatic heterocycles. The van der Waals surface area contributed by atoms with Crippen LogP contribution in [-0.4, -0.2) is 15.2 Å². The van der Waals surface area contributed by atoms with Crippen molar-refractivity contribution in [3.63, 3.8) is 0 Å². The number of benzene rings is 2. The third-order valence-corrected chi connectivity index (χ3v) is 4.55. The van der Waals surface area contributed by atoms with E-state index in [1.165, 1.54) is 24.3 Å². The van der Waals surface area contributed by atoms with E-state index < -0.39 is 15.2 Å². The summed E-state index contributed by atoms with van der Waals surface area (Å²) in [5.74, 6) is -0.288. The van der Waals surface area contributed by atoms with Crippen molar-refractivity contribution >= 4 is 40.5 Å². The number of hydrogen-bond acceptors (Lipinski definition) is 3. The molecule has 5 nitrogen and oxygen atoms in total. The summed E-state index contributed by atoms with van der Waals surface area (Å²) in [7, 11) is 0. The third-order valence-electron chi connectivity index (χ3n) is 3.72. The zero-order chi connectivity index (χ0) is 16.6. The lowest BCUT2D eigenvalue weighted by molar-refractivity contribution is -0.384. The van der Waals surface area contributed by atoms with Gasteiger partial charge in [-0.3, -0.25) is 14.9 Å². The summed E-state index contributed by atoms with van der Waals surface area (Å²) >= 11 is 12.1. The molecule has 1 aliphatic rings. The summed E-state index contributed by atoms with van der Waals surface area (Å²) < 4.78 is -0.687. The van der Waals surface area contributed by atoms with Crippen LogP contribution in [-0.2, 0) is 0 Å². The summed E-state index contributed by atoms with van der Waals surface area (Å²) in [6.45, 7) is 0. The Labute approximate surface area is 142 Å². The predicted molar refractivity (Wildman–Crippen MR) is 89.3 cm³/mol. The molecule has 0 spiro atoms. The second-order valence-electron chi connectivity index (χ2n) is 5.40. The Balaban J connectivity index is 1.70. The van der Waals surface area contributed by atoms with Crippen molar-refractivity contribution in [1.82, 2.24) is 0 Å². The first-order valence-corrected chi connectivity index (χ1v) is 7.66. The molecule has 1 atom stereocenters. The maximum absolute atomic E-state index is 12.1. The highest BCUT2D eigenvalue weighted by molar-refractivity contribution is 6.51. The minimum atomic E-state index is -0.687. The zero-order valence-corrected chi connectivity index (χ0v) is 13.3. The highest BCUT2D eigenvalue weighted by Gasteiger charge is 2.52. The number of carbonyl (C=O) groups excluding carboxylic acids is 1. The van der Waals surface area contributed by atoms with Crippen LogP contribution in [0, 0.1) is 10.1 Å². The molecule has 1 aliphatic carbocycles. The van der Waals surface area contributed by atoms with Crippen LogP contribution in [0.4, 0.5) is 11.4 Å². The quantitative estimate of drug-likeness (QED) is 0.500. The van der Waals surface area contributed by atoms with E-state index >= 15 is 0 Å². The number of nitrogens with one attached hydrogen (secondary N) is 1. The number of amides is 1. The van der Waals surface area contributed by atoms with Gasteiger partial charge >= 0.3 is 0 Å². The fourth-order valence-electron chi connectivity index (χ4n) is 2.34. The molecule has 118 valence electrons. The monoisotopic (exact) mass is 350 g/mol. The largest absolute Gasteiger partial charge is 0.322 e. The normalized spacial score (nSPS) is 18.3. The first-order chi connectivity index (χ1) is 10.9. The van der Waals surface area contributed by atoms with E-state index in [0.29, 0.717) is 5.69 Å². The molecule has 0 aromatic heterocycles. The van der Waals surface area contributed by atoms with Gasteiger partial charge in [-0.25, -0.2) is 0 Å². The number of alkyl halides is 2. The number of rotatable bonds is 4. The smallest absolute Gasteiger partial charge is 0.270 e. The van der Waals surface area contributed by atoms with Crippen LogP contribution < -0.4 is 5.32 Å². The Kier molecular flexibility index (Phi) is 4.00. The fraction of sp³-hybridized carbons (Fsp3) is 0.188. The maximum atomic E-state index is 12.1. The first kappa shape index (κ1) is 15.8. The van der Waals surface area contributed by atoms with Gasteiger partial charge in [-0.1, -0.05) is 18.2 Å².